The van der Waals surface area contributed by atoms with Gasteiger partial charge in [0.2, 0.25) is 0 Å². The number of carbonyl (C=O) groups is 1. The molecule has 0 aromatic carbocycles. The molecule has 18 heavy (non-hydrogen) atoms. The molecule has 0 saturated heterocycles. The molecule has 1 amide bonds. The van der Waals surface area contributed by atoms with Crippen molar-refractivity contribution in [1.29, 1.82) is 0 Å². The lowest BCUT2D eigenvalue weighted by Gasteiger charge is -2.16. The second kappa shape index (κ2) is 5.37. The number of carbonyl (C=O) groups excluding carboxylic acids is 1. The van der Waals surface area contributed by atoms with Gasteiger partial charge in [0.1, 0.15) is 10.8 Å². The SMILES string of the molecule is CN(Cc1cn[nH]c1)C(=O)c1nc(Cl)ccc1Cl. The quantitative estimate of drug-likeness (QED) is 0.881. The van der Waals surface area contributed by atoms with Gasteiger partial charge in [-0.25, -0.2) is 4.98 Å². The van der Waals surface area contributed by atoms with Crippen molar-refractivity contribution >= 4 is 29.1 Å². The molecule has 0 radical (unpaired) electrons. The molecule has 0 saturated carbocycles. The van der Waals surface area contributed by atoms with Crippen LogP contribution in [0.1, 0.15) is 16.1 Å². The first-order chi connectivity index (χ1) is 8.58. The monoisotopic (exact) mass is 284 g/mol. The Morgan fingerprint density at radius 1 is 1.44 bits per heavy atom. The molecule has 0 atom stereocenters. The van der Waals surface area contributed by atoms with Gasteiger partial charge >= 0.3 is 0 Å². The maximum Gasteiger partial charge on any atom is 0.274 e. The summed E-state index contributed by atoms with van der Waals surface area (Å²) in [5.41, 5.74) is 1.04. The van der Waals surface area contributed by atoms with Gasteiger partial charge in [-0.15, -0.1) is 0 Å². The molecule has 94 valence electrons. The van der Waals surface area contributed by atoms with Crippen molar-refractivity contribution in [3.63, 3.8) is 0 Å². The fourth-order valence-electron chi connectivity index (χ4n) is 1.46. The normalized spacial score (nSPS) is 10.4. The zero-order chi connectivity index (χ0) is 13.1. The Bertz CT molecular complexity index is 556. The lowest BCUT2D eigenvalue weighted by molar-refractivity contribution is 0.0779. The van der Waals surface area contributed by atoms with Gasteiger partial charge in [-0.3, -0.25) is 9.89 Å². The number of hydrogen-bond acceptors (Lipinski definition) is 3. The number of H-pyrrole nitrogens is 1. The minimum Gasteiger partial charge on any atom is -0.336 e. The third-order valence-electron chi connectivity index (χ3n) is 2.34. The van der Waals surface area contributed by atoms with Gasteiger partial charge in [0, 0.05) is 25.4 Å². The van der Waals surface area contributed by atoms with E-state index in [0.717, 1.165) is 5.56 Å². The highest BCUT2D eigenvalue weighted by Crippen LogP contribution is 2.18. The Morgan fingerprint density at radius 3 is 2.89 bits per heavy atom. The molecule has 0 aliphatic rings. The van der Waals surface area contributed by atoms with E-state index < -0.39 is 0 Å². The van der Waals surface area contributed by atoms with Crippen LogP contribution in [0.15, 0.2) is 24.5 Å². The minimum absolute atomic E-state index is 0.148. The Morgan fingerprint density at radius 2 is 2.22 bits per heavy atom. The zero-order valence-electron chi connectivity index (χ0n) is 9.52. The van der Waals surface area contributed by atoms with Crippen LogP contribution in [0, 0.1) is 0 Å². The maximum atomic E-state index is 12.1. The second-order valence-corrected chi connectivity index (χ2v) is 4.53. The van der Waals surface area contributed by atoms with Crippen LogP contribution in [0.5, 0.6) is 0 Å². The van der Waals surface area contributed by atoms with Gasteiger partial charge in [-0.1, -0.05) is 23.2 Å². The molecule has 0 aliphatic carbocycles. The average Bonchev–Trinajstić information content (AvgIpc) is 2.84. The van der Waals surface area contributed by atoms with E-state index in [0.29, 0.717) is 6.54 Å². The Hall–Kier alpha value is -1.59. The summed E-state index contributed by atoms with van der Waals surface area (Å²) in [6.07, 6.45) is 3.37. The Labute approximate surface area is 114 Å². The lowest BCUT2D eigenvalue weighted by atomic mass is 10.3. The van der Waals surface area contributed by atoms with Crippen LogP contribution >= 0.6 is 23.2 Å². The molecule has 2 aromatic rings. The Kier molecular flexibility index (Phi) is 3.84. The van der Waals surface area contributed by atoms with Gasteiger partial charge in [0.25, 0.3) is 5.91 Å². The van der Waals surface area contributed by atoms with Gasteiger partial charge < -0.3 is 4.90 Å². The largest absolute Gasteiger partial charge is 0.336 e. The van der Waals surface area contributed by atoms with Crippen molar-refractivity contribution in [3.05, 3.63) is 46.0 Å². The highest BCUT2D eigenvalue weighted by Gasteiger charge is 2.17. The van der Waals surface area contributed by atoms with Crippen LogP contribution in [0.3, 0.4) is 0 Å². The average molecular weight is 285 g/mol. The molecule has 5 nitrogen and oxygen atoms in total. The maximum absolute atomic E-state index is 12.1. The van der Waals surface area contributed by atoms with Gasteiger partial charge in [-0.2, -0.15) is 5.10 Å². The molecule has 1 N–H and O–H groups in total. The van der Waals surface area contributed by atoms with E-state index in [1.165, 1.54) is 11.0 Å². The molecule has 7 heteroatoms. The number of aromatic nitrogens is 3. The molecular formula is C11H10Cl2N4O. The molecule has 0 aliphatic heterocycles. The number of rotatable bonds is 3. The van der Waals surface area contributed by atoms with Crippen LogP contribution in [0.2, 0.25) is 10.2 Å². The van der Waals surface area contributed by atoms with Crippen molar-refractivity contribution in [3.8, 4) is 0 Å². The van der Waals surface area contributed by atoms with Gasteiger partial charge in [-0.05, 0) is 12.1 Å². The van der Waals surface area contributed by atoms with Gasteiger partial charge in [0.05, 0.1) is 11.2 Å². The number of halogens is 2. The smallest absolute Gasteiger partial charge is 0.274 e. The van der Waals surface area contributed by atoms with E-state index in [2.05, 4.69) is 15.2 Å². The summed E-state index contributed by atoms with van der Waals surface area (Å²) in [5, 5.41) is 7.01. The van der Waals surface area contributed by atoms with Crippen LogP contribution in [0.4, 0.5) is 0 Å². The summed E-state index contributed by atoms with van der Waals surface area (Å²) >= 11 is 11.7. The summed E-state index contributed by atoms with van der Waals surface area (Å²) in [5.74, 6) is -0.288. The molecule has 2 aromatic heterocycles. The zero-order valence-corrected chi connectivity index (χ0v) is 11.0. The number of amides is 1. The topological polar surface area (TPSA) is 61.9 Å². The van der Waals surface area contributed by atoms with E-state index in [4.69, 9.17) is 23.2 Å². The highest BCUT2D eigenvalue weighted by molar-refractivity contribution is 6.34. The van der Waals surface area contributed by atoms with Crippen molar-refractivity contribution in [2.45, 2.75) is 6.54 Å². The number of aromatic amines is 1. The van der Waals surface area contributed by atoms with Crippen molar-refractivity contribution in [1.82, 2.24) is 20.1 Å². The molecular weight excluding hydrogens is 275 g/mol. The van der Waals surface area contributed by atoms with E-state index in [1.807, 2.05) is 0 Å². The van der Waals surface area contributed by atoms with E-state index >= 15 is 0 Å². The predicted molar refractivity (Wildman–Crippen MR) is 68.6 cm³/mol. The molecule has 0 fully saturated rings. The molecule has 2 heterocycles. The van der Waals surface area contributed by atoms with Crippen molar-refractivity contribution in [2.75, 3.05) is 7.05 Å². The summed E-state index contributed by atoms with van der Waals surface area (Å²) in [4.78, 5) is 17.6. The van der Waals surface area contributed by atoms with Crippen LogP contribution in [-0.2, 0) is 6.54 Å². The number of nitrogens with zero attached hydrogens (tertiary/aromatic N) is 3. The predicted octanol–water partition coefficient (Wildman–Crippen LogP) is 2.38. The third kappa shape index (κ3) is 2.80. The van der Waals surface area contributed by atoms with Crippen LogP contribution < -0.4 is 0 Å². The molecule has 0 bridgehead atoms. The second-order valence-electron chi connectivity index (χ2n) is 3.73. The molecule has 2 rings (SSSR count). The first-order valence-electron chi connectivity index (χ1n) is 5.13. The summed E-state index contributed by atoms with van der Waals surface area (Å²) in [6.45, 7) is 0.417. The number of pyridine rings is 1. The molecule has 0 unspecified atom stereocenters. The number of hydrogen-bond donors (Lipinski definition) is 1. The summed E-state index contributed by atoms with van der Waals surface area (Å²) < 4.78 is 0. The van der Waals surface area contributed by atoms with Crippen LogP contribution in [-0.4, -0.2) is 33.0 Å². The van der Waals surface area contributed by atoms with Crippen molar-refractivity contribution < 1.29 is 4.79 Å². The minimum atomic E-state index is -0.288. The fraction of sp³-hybridized carbons (Fsp3) is 0.182. The fourth-order valence-corrected chi connectivity index (χ4v) is 1.79. The van der Waals surface area contributed by atoms with Crippen molar-refractivity contribution in [2.24, 2.45) is 0 Å². The first-order valence-corrected chi connectivity index (χ1v) is 5.88. The van der Waals surface area contributed by atoms with Crippen LogP contribution in [0.25, 0.3) is 0 Å². The van der Waals surface area contributed by atoms with E-state index in [-0.39, 0.29) is 21.8 Å². The van der Waals surface area contributed by atoms with E-state index in [1.54, 1.807) is 25.5 Å². The van der Waals surface area contributed by atoms with Gasteiger partial charge in [0.15, 0.2) is 0 Å². The Balaban J connectivity index is 2.17. The number of nitrogens with one attached hydrogen (secondary N) is 1. The molecule has 0 spiro atoms. The summed E-state index contributed by atoms with van der Waals surface area (Å²) in [6, 6.07) is 3.09. The first kappa shape index (κ1) is 12.9. The standard InChI is InChI=1S/C11H10Cl2N4O/c1-17(6-7-4-14-15-5-7)11(18)10-8(12)2-3-9(13)16-10/h2-5H,6H2,1H3,(H,14,15). The third-order valence-corrected chi connectivity index (χ3v) is 2.85. The van der Waals surface area contributed by atoms with E-state index in [9.17, 15) is 4.79 Å². The summed E-state index contributed by atoms with van der Waals surface area (Å²) in [7, 11) is 1.66. The highest BCUT2D eigenvalue weighted by atomic mass is 35.5. The lowest BCUT2D eigenvalue weighted by Crippen LogP contribution is -2.27.